The number of rotatable bonds is 5. The number of benzene rings is 1. The fraction of sp³-hybridized carbons (Fsp3) is 0.364. The van der Waals surface area contributed by atoms with Gasteiger partial charge in [0.2, 0.25) is 6.29 Å². The van der Waals surface area contributed by atoms with Crippen molar-refractivity contribution >= 4 is 18.0 Å². The van der Waals surface area contributed by atoms with Gasteiger partial charge in [-0.2, -0.15) is 0 Å². The number of thioether (sulfide) groups is 1. The van der Waals surface area contributed by atoms with Gasteiger partial charge in [0.1, 0.15) is 11.7 Å². The second kappa shape index (κ2) is 5.70. The molecule has 0 fully saturated rings. The molecule has 0 saturated heterocycles. The van der Waals surface area contributed by atoms with E-state index in [0.29, 0.717) is 22.5 Å². The van der Waals surface area contributed by atoms with E-state index in [-0.39, 0.29) is 0 Å². The summed E-state index contributed by atoms with van der Waals surface area (Å²) in [6, 6.07) is 7.11. The molecule has 0 saturated carbocycles. The van der Waals surface area contributed by atoms with E-state index in [1.165, 1.54) is 0 Å². The smallest absolute Gasteiger partial charge is 0.237 e. The Labute approximate surface area is 88.7 Å². The SMILES string of the molecule is CC(C)SCOc1ccccc1[C]=O. The molecule has 0 aliphatic heterocycles. The highest BCUT2D eigenvalue weighted by Crippen LogP contribution is 2.18. The van der Waals surface area contributed by atoms with Crippen molar-refractivity contribution in [2.75, 3.05) is 5.94 Å². The maximum absolute atomic E-state index is 10.5. The van der Waals surface area contributed by atoms with Crippen LogP contribution in [0.15, 0.2) is 24.3 Å². The second-order valence-electron chi connectivity index (χ2n) is 3.08. The van der Waals surface area contributed by atoms with E-state index in [1.807, 2.05) is 12.4 Å². The molecule has 0 amide bonds. The molecule has 0 spiro atoms. The van der Waals surface area contributed by atoms with E-state index < -0.39 is 0 Å². The summed E-state index contributed by atoms with van der Waals surface area (Å²) in [6.45, 7) is 4.21. The van der Waals surface area contributed by atoms with Crippen molar-refractivity contribution in [2.45, 2.75) is 19.1 Å². The van der Waals surface area contributed by atoms with Crippen molar-refractivity contribution in [2.24, 2.45) is 0 Å². The van der Waals surface area contributed by atoms with Crippen molar-refractivity contribution in [1.82, 2.24) is 0 Å². The standard InChI is InChI=1S/C11H13O2S/c1-9(2)14-8-13-11-6-4-3-5-10(11)7-12/h3-6,9H,8H2,1-2H3. The molecule has 0 heterocycles. The lowest BCUT2D eigenvalue weighted by Gasteiger charge is -2.08. The maximum Gasteiger partial charge on any atom is 0.237 e. The normalized spacial score (nSPS) is 10.2. The van der Waals surface area contributed by atoms with Crippen molar-refractivity contribution in [3.05, 3.63) is 29.8 Å². The maximum atomic E-state index is 10.5. The lowest BCUT2D eigenvalue weighted by Crippen LogP contribution is -1.99. The van der Waals surface area contributed by atoms with Crippen LogP contribution in [0.3, 0.4) is 0 Å². The minimum Gasteiger partial charge on any atom is -0.482 e. The Bertz CT molecular complexity index is 297. The molecule has 0 aliphatic carbocycles. The first-order chi connectivity index (χ1) is 6.74. The topological polar surface area (TPSA) is 26.3 Å². The van der Waals surface area contributed by atoms with Crippen LogP contribution in [0.1, 0.15) is 19.4 Å². The Morgan fingerprint density at radius 3 is 2.79 bits per heavy atom. The van der Waals surface area contributed by atoms with Crippen molar-refractivity contribution < 1.29 is 9.53 Å². The molecule has 14 heavy (non-hydrogen) atoms. The van der Waals surface area contributed by atoms with Gasteiger partial charge < -0.3 is 4.74 Å². The molecule has 0 aliphatic rings. The van der Waals surface area contributed by atoms with Crippen molar-refractivity contribution in [1.29, 1.82) is 0 Å². The van der Waals surface area contributed by atoms with Crippen LogP contribution in [0.5, 0.6) is 5.75 Å². The highest BCUT2D eigenvalue weighted by molar-refractivity contribution is 7.99. The molecule has 3 heteroatoms. The zero-order valence-corrected chi connectivity index (χ0v) is 9.14. The summed E-state index contributed by atoms with van der Waals surface area (Å²) in [6.07, 6.45) is 1.85. The third kappa shape index (κ3) is 3.42. The average molecular weight is 209 g/mol. The van der Waals surface area contributed by atoms with Gasteiger partial charge in [0.05, 0.1) is 5.56 Å². The molecule has 1 radical (unpaired) electrons. The zero-order valence-electron chi connectivity index (χ0n) is 8.32. The Balaban J connectivity index is 2.53. The summed E-state index contributed by atoms with van der Waals surface area (Å²) in [7, 11) is 0. The van der Waals surface area contributed by atoms with Crippen LogP contribution in [-0.2, 0) is 4.79 Å². The van der Waals surface area contributed by atoms with Crippen molar-refractivity contribution in [3.63, 3.8) is 0 Å². The molecule has 0 N–H and O–H groups in total. The van der Waals surface area contributed by atoms with Gasteiger partial charge in [-0.1, -0.05) is 26.0 Å². The van der Waals surface area contributed by atoms with Crippen LogP contribution in [0.2, 0.25) is 0 Å². The van der Waals surface area contributed by atoms with Crippen LogP contribution < -0.4 is 4.74 Å². The molecule has 1 rings (SSSR count). The molecule has 0 atom stereocenters. The molecule has 0 bridgehead atoms. The number of hydrogen-bond donors (Lipinski definition) is 0. The molecule has 75 valence electrons. The first-order valence-electron chi connectivity index (χ1n) is 4.45. The van der Waals surface area contributed by atoms with Crippen LogP contribution in [0.25, 0.3) is 0 Å². The summed E-state index contributed by atoms with van der Waals surface area (Å²) in [5, 5.41) is 0.530. The molecular formula is C11H13O2S. The predicted molar refractivity (Wildman–Crippen MR) is 59.5 cm³/mol. The summed E-state index contributed by atoms with van der Waals surface area (Å²) in [5.74, 6) is 1.17. The average Bonchev–Trinajstić information content (AvgIpc) is 2.18. The second-order valence-corrected chi connectivity index (χ2v) is 4.59. The predicted octanol–water partition coefficient (Wildman–Crippen LogP) is 2.62. The van der Waals surface area contributed by atoms with Gasteiger partial charge in [-0.15, -0.1) is 11.8 Å². The van der Waals surface area contributed by atoms with Gasteiger partial charge in [0.25, 0.3) is 0 Å². The summed E-state index contributed by atoms with van der Waals surface area (Å²) < 4.78 is 5.44. The molecular weight excluding hydrogens is 196 g/mol. The quantitative estimate of drug-likeness (QED) is 0.697. The van der Waals surface area contributed by atoms with Gasteiger partial charge in [-0.05, 0) is 12.1 Å². The monoisotopic (exact) mass is 209 g/mol. The Hall–Kier alpha value is -0.960. The molecule has 1 aromatic carbocycles. The third-order valence-corrected chi connectivity index (χ3v) is 2.53. The fourth-order valence-electron chi connectivity index (χ4n) is 0.910. The van der Waals surface area contributed by atoms with E-state index in [4.69, 9.17) is 4.74 Å². The Morgan fingerprint density at radius 1 is 1.43 bits per heavy atom. The van der Waals surface area contributed by atoms with Crippen LogP contribution in [-0.4, -0.2) is 17.5 Å². The number of ether oxygens (including phenoxy) is 1. The van der Waals surface area contributed by atoms with Gasteiger partial charge in [-0.3, -0.25) is 4.79 Å². The molecule has 0 aromatic heterocycles. The van der Waals surface area contributed by atoms with E-state index in [1.54, 1.807) is 30.0 Å². The lowest BCUT2D eigenvalue weighted by molar-refractivity contribution is 0.391. The van der Waals surface area contributed by atoms with Gasteiger partial charge in [0.15, 0.2) is 0 Å². The zero-order chi connectivity index (χ0) is 10.4. The molecule has 2 nitrogen and oxygen atoms in total. The third-order valence-electron chi connectivity index (χ3n) is 1.61. The number of para-hydroxylation sites is 1. The Kier molecular flexibility index (Phi) is 4.53. The summed E-state index contributed by atoms with van der Waals surface area (Å²) in [4.78, 5) is 10.5. The van der Waals surface area contributed by atoms with Crippen LogP contribution >= 0.6 is 11.8 Å². The van der Waals surface area contributed by atoms with Crippen LogP contribution in [0.4, 0.5) is 0 Å². The largest absolute Gasteiger partial charge is 0.482 e. The summed E-state index contributed by atoms with van der Waals surface area (Å²) in [5.41, 5.74) is 0.483. The van der Waals surface area contributed by atoms with Gasteiger partial charge in [-0.25, -0.2) is 0 Å². The highest BCUT2D eigenvalue weighted by Gasteiger charge is 2.02. The van der Waals surface area contributed by atoms with E-state index >= 15 is 0 Å². The van der Waals surface area contributed by atoms with E-state index in [0.717, 1.165) is 0 Å². The number of hydrogen-bond acceptors (Lipinski definition) is 3. The molecule has 0 unspecified atom stereocenters. The first kappa shape index (κ1) is 11.1. The van der Waals surface area contributed by atoms with Crippen molar-refractivity contribution in [3.8, 4) is 5.75 Å². The van der Waals surface area contributed by atoms with E-state index in [2.05, 4.69) is 13.8 Å². The summed E-state index contributed by atoms with van der Waals surface area (Å²) >= 11 is 1.69. The fourth-order valence-corrected chi connectivity index (χ4v) is 1.38. The van der Waals surface area contributed by atoms with Crippen LogP contribution in [0, 0.1) is 0 Å². The van der Waals surface area contributed by atoms with Gasteiger partial charge in [0, 0.05) is 5.25 Å². The Morgan fingerprint density at radius 2 is 2.14 bits per heavy atom. The highest BCUT2D eigenvalue weighted by atomic mass is 32.2. The van der Waals surface area contributed by atoms with E-state index in [9.17, 15) is 4.79 Å². The first-order valence-corrected chi connectivity index (χ1v) is 5.50. The minimum atomic E-state index is 0.483. The van der Waals surface area contributed by atoms with Gasteiger partial charge >= 0.3 is 0 Å². The lowest BCUT2D eigenvalue weighted by atomic mass is 10.2. The minimum absolute atomic E-state index is 0.483. The number of carbonyl (C=O) groups excluding carboxylic acids is 1. The molecule has 1 aromatic rings.